The molecule has 8 aromatic rings. The highest BCUT2D eigenvalue weighted by atomic mass is 16.5. The zero-order valence-corrected chi connectivity index (χ0v) is 54.1. The molecule has 0 atom stereocenters. The molecule has 16 heteroatoms. The van der Waals surface area contributed by atoms with Gasteiger partial charge < -0.3 is 61.5 Å². The first-order valence-electron chi connectivity index (χ1n) is 30.4. The lowest BCUT2D eigenvalue weighted by molar-refractivity contribution is 0.261. The number of hydrogen-bond donors (Lipinski definition) is 8. The topological polar surface area (TPSA) is 201 Å². The number of para-hydroxylation sites is 8. The van der Waals surface area contributed by atoms with E-state index in [9.17, 15) is 19.2 Å². The number of benzene rings is 8. The highest BCUT2D eigenvalue weighted by Crippen LogP contribution is 2.57. The second-order valence-corrected chi connectivity index (χ2v) is 28.6. The Hall–Kier alpha value is -9.96. The van der Waals surface area contributed by atoms with Crippen molar-refractivity contribution in [2.75, 3.05) is 42.5 Å². The fourth-order valence-electron chi connectivity index (χ4n) is 11.4. The molecule has 3 heterocycles. The summed E-state index contributed by atoms with van der Waals surface area (Å²) in [7, 11) is 0. The quantitative estimate of drug-likeness (QED) is 0.0733. The Morgan fingerprint density at radius 3 is 0.656 bits per heavy atom. The van der Waals surface area contributed by atoms with Crippen molar-refractivity contribution in [2.24, 2.45) is 0 Å². The van der Waals surface area contributed by atoms with Gasteiger partial charge in [0, 0.05) is 33.1 Å². The molecule has 11 rings (SSSR count). The number of rotatable bonds is 0. The molecule has 8 aromatic carbocycles. The number of hydrogen-bond acceptors (Lipinski definition) is 8. The Labute approximate surface area is 527 Å². The van der Waals surface area contributed by atoms with Gasteiger partial charge in [0.15, 0.2) is 46.0 Å². The van der Waals surface area contributed by atoms with E-state index in [1.54, 1.807) is 97.1 Å². The highest BCUT2D eigenvalue weighted by Gasteiger charge is 2.42. The van der Waals surface area contributed by atoms with E-state index in [0.717, 1.165) is 44.5 Å². The van der Waals surface area contributed by atoms with Crippen molar-refractivity contribution in [3.8, 4) is 46.0 Å². The van der Waals surface area contributed by atoms with Crippen LogP contribution < -0.4 is 61.5 Å². The molecule has 464 valence electrons. The third-order valence-corrected chi connectivity index (χ3v) is 16.9. The number of amides is 8. The fourth-order valence-corrected chi connectivity index (χ4v) is 11.4. The van der Waals surface area contributed by atoms with Crippen LogP contribution in [-0.2, 0) is 32.5 Å². The average molecular weight is 1210 g/mol. The van der Waals surface area contributed by atoms with E-state index in [2.05, 4.69) is 178 Å². The van der Waals surface area contributed by atoms with Crippen LogP contribution in [-0.4, -0.2) is 24.1 Å². The molecule has 0 spiro atoms. The van der Waals surface area contributed by atoms with Crippen molar-refractivity contribution in [1.29, 1.82) is 0 Å². The largest absolute Gasteiger partial charge is 0.453 e. The summed E-state index contributed by atoms with van der Waals surface area (Å²) in [6, 6.07) is 42.0. The molecule has 3 aliphatic heterocycles. The second kappa shape index (κ2) is 22.6. The maximum absolute atomic E-state index is 14.6. The van der Waals surface area contributed by atoms with Crippen molar-refractivity contribution in [3.63, 3.8) is 0 Å². The lowest BCUT2D eigenvalue weighted by Gasteiger charge is -2.39. The highest BCUT2D eigenvalue weighted by molar-refractivity contribution is 6.06. The van der Waals surface area contributed by atoms with E-state index < -0.39 is 35.0 Å². The molecule has 8 N–H and O–H groups in total. The predicted octanol–water partition coefficient (Wildman–Crippen LogP) is 20.2. The molecule has 0 fully saturated rings. The Bertz CT molecular complexity index is 3700. The predicted molar refractivity (Wildman–Crippen MR) is 361 cm³/mol. The number of anilines is 8. The number of urea groups is 4. The van der Waals surface area contributed by atoms with E-state index >= 15 is 0 Å². The Morgan fingerprint density at radius 2 is 0.456 bits per heavy atom. The summed E-state index contributed by atoms with van der Waals surface area (Å²) in [6.45, 7) is 33.8. The number of nitrogens with one attached hydrogen (secondary N) is 8. The summed E-state index contributed by atoms with van der Waals surface area (Å²) in [5.74, 6) is 2.78. The fraction of sp³-hybridized carbons (Fsp3) is 0.297. The van der Waals surface area contributed by atoms with Gasteiger partial charge in [-0.25, -0.2) is 19.2 Å². The van der Waals surface area contributed by atoms with Gasteiger partial charge in [0.25, 0.3) is 0 Å². The molecule has 16 nitrogen and oxygen atoms in total. The lowest BCUT2D eigenvalue weighted by Crippen LogP contribution is -2.30. The molecule has 4 bridgehead atoms. The van der Waals surface area contributed by atoms with Crippen molar-refractivity contribution >= 4 is 69.6 Å². The van der Waals surface area contributed by atoms with E-state index in [1.807, 2.05) is 24.3 Å². The SMILES string of the molecule is CC(C)(C)c1cc2c3c(c1)C(C)(C)c1cc(C(C)(C)C)cc(c1O3)NC(=O)Nc1ccccc1Oc1ccccc1NC(=O)Nc1cc(C(C)(C)C)cc3c1Oc1c(cc(C(C)(C)C)cc1C3(C)C)NC(=O)Nc1ccccc1Oc1ccccc1NC(=O)N2. The van der Waals surface area contributed by atoms with Gasteiger partial charge in [0.2, 0.25) is 0 Å². The molecule has 0 radical (unpaired) electrons. The van der Waals surface area contributed by atoms with Crippen LogP contribution in [0.15, 0.2) is 146 Å². The summed E-state index contributed by atoms with van der Waals surface area (Å²) in [5.41, 5.74) is 7.19. The number of carbonyl (C=O) groups is 4. The number of ether oxygens (including phenoxy) is 4. The Kier molecular flexibility index (Phi) is 15.5. The first kappa shape index (κ1) is 61.7. The van der Waals surface area contributed by atoms with Crippen LogP contribution >= 0.6 is 0 Å². The molecule has 0 aromatic heterocycles. The van der Waals surface area contributed by atoms with Crippen molar-refractivity contribution in [3.05, 3.63) is 190 Å². The van der Waals surface area contributed by atoms with Gasteiger partial charge in [-0.15, -0.1) is 0 Å². The maximum Gasteiger partial charge on any atom is 0.323 e. The minimum absolute atomic E-state index is 0.293. The average Bonchev–Trinajstić information content (AvgIpc) is 0.732. The van der Waals surface area contributed by atoms with Crippen LogP contribution in [0.25, 0.3) is 0 Å². The van der Waals surface area contributed by atoms with Crippen molar-refractivity contribution < 1.29 is 38.1 Å². The zero-order chi connectivity index (χ0) is 64.6. The summed E-state index contributed by atoms with van der Waals surface area (Å²) in [5, 5.41) is 24.6. The summed E-state index contributed by atoms with van der Waals surface area (Å²) in [4.78, 5) is 58.5. The molecular weight excluding hydrogens is 1130 g/mol. The normalized spacial score (nSPS) is 15.6. The zero-order valence-electron chi connectivity index (χ0n) is 54.1. The monoisotopic (exact) mass is 1210 g/mol. The number of carbonyl (C=O) groups excluding carboxylic acids is 4. The maximum atomic E-state index is 14.6. The molecule has 90 heavy (non-hydrogen) atoms. The van der Waals surface area contributed by atoms with Crippen LogP contribution in [0.1, 0.15) is 155 Å². The van der Waals surface area contributed by atoms with Gasteiger partial charge in [-0.1, -0.05) is 184 Å². The summed E-state index contributed by atoms with van der Waals surface area (Å²) in [6.07, 6.45) is 0. The van der Waals surface area contributed by atoms with Gasteiger partial charge in [0.1, 0.15) is 0 Å². The lowest BCUT2D eigenvalue weighted by atomic mass is 9.71. The standard InChI is InChI=1S/C74H80N8O8/c1-69(2,3)41-33-45-61-53(37-41)79-65(83)75-49-25-17-21-29-57(49)87-58-30-22-18-26-50(58)77-67(85)81-55-39-43(71(7,8)9)35-47-63(55)90-64-48(74(47,15)16)36-44(72(10,11)12)40-56(64)82-68(86)78-52-28-20-24-32-60(52)88-59-31-23-19-27-51(59)76-66(84)80-54-38-42(70(4,5)6)34-46(62(54)89-61)73(45,13)14/h17-40H,1-16H3,(H2,75,79,83)(H2,76,80,84)(H2,77,81,85)(H2,78,82,86). The van der Waals surface area contributed by atoms with E-state index in [1.165, 1.54) is 0 Å². The Balaban J connectivity index is 1.03. The molecule has 8 amide bonds. The van der Waals surface area contributed by atoms with Crippen LogP contribution in [0.3, 0.4) is 0 Å². The smallest absolute Gasteiger partial charge is 0.323 e. The first-order valence-corrected chi connectivity index (χ1v) is 30.4. The van der Waals surface area contributed by atoms with Crippen LogP contribution in [0.2, 0.25) is 0 Å². The van der Waals surface area contributed by atoms with Crippen molar-refractivity contribution in [2.45, 2.75) is 143 Å². The minimum atomic E-state index is -0.733. The molecule has 0 saturated heterocycles. The van der Waals surface area contributed by atoms with Crippen LogP contribution in [0, 0.1) is 0 Å². The van der Waals surface area contributed by atoms with Crippen LogP contribution in [0.4, 0.5) is 64.7 Å². The first-order chi connectivity index (χ1) is 42.2. The molecule has 0 saturated carbocycles. The van der Waals surface area contributed by atoms with Crippen LogP contribution in [0.5, 0.6) is 46.0 Å². The van der Waals surface area contributed by atoms with Gasteiger partial charge in [-0.2, -0.15) is 0 Å². The third kappa shape index (κ3) is 12.3. The van der Waals surface area contributed by atoms with E-state index in [4.69, 9.17) is 18.9 Å². The molecule has 0 aliphatic carbocycles. The summed E-state index contributed by atoms with van der Waals surface area (Å²) >= 11 is 0. The van der Waals surface area contributed by atoms with Gasteiger partial charge in [-0.05, 0) is 117 Å². The second-order valence-electron chi connectivity index (χ2n) is 28.6. The van der Waals surface area contributed by atoms with Gasteiger partial charge in [0.05, 0.1) is 45.5 Å². The van der Waals surface area contributed by atoms with E-state index in [0.29, 0.717) is 91.5 Å². The third-order valence-electron chi connectivity index (χ3n) is 16.9. The van der Waals surface area contributed by atoms with Crippen molar-refractivity contribution in [1.82, 2.24) is 0 Å². The molecule has 3 aliphatic rings. The molecule has 0 unspecified atom stereocenters. The Morgan fingerprint density at radius 1 is 0.267 bits per heavy atom. The minimum Gasteiger partial charge on any atom is -0.453 e. The van der Waals surface area contributed by atoms with Gasteiger partial charge in [-0.3, -0.25) is 0 Å². The number of fused-ring (bicyclic) bond motifs is 4. The van der Waals surface area contributed by atoms with Gasteiger partial charge >= 0.3 is 24.1 Å². The molecular formula is C74H80N8O8. The van der Waals surface area contributed by atoms with E-state index in [-0.39, 0.29) is 21.7 Å². The summed E-state index contributed by atoms with van der Waals surface area (Å²) < 4.78 is 27.3.